The molecule has 0 heterocycles. The van der Waals surface area contributed by atoms with Gasteiger partial charge in [-0.2, -0.15) is 11.8 Å². The maximum absolute atomic E-state index is 9.05. The Balaban J connectivity index is 3.09. The van der Waals surface area contributed by atoms with Crippen LogP contribution in [0.5, 0.6) is 0 Å². The fourth-order valence-corrected chi connectivity index (χ4v) is 4.78. The summed E-state index contributed by atoms with van der Waals surface area (Å²) in [6.07, 6.45) is 24.5. The summed E-state index contributed by atoms with van der Waals surface area (Å²) in [6.45, 7) is 4.67. The zero-order chi connectivity index (χ0) is 20.8. The van der Waals surface area contributed by atoms with Crippen molar-refractivity contribution in [3.63, 3.8) is 0 Å². The number of likely N-dealkylation sites (N-methyl/N-ethyl adjacent to an activating group) is 1. The van der Waals surface area contributed by atoms with Gasteiger partial charge in [-0.05, 0) is 17.9 Å². The lowest BCUT2D eigenvalue weighted by Gasteiger charge is -2.28. The minimum atomic E-state index is 0.305. The molecule has 170 valence electrons. The Morgan fingerprint density at radius 1 is 0.536 bits per heavy atom. The van der Waals surface area contributed by atoms with Crippen LogP contribution in [-0.4, -0.2) is 54.9 Å². The van der Waals surface area contributed by atoms with Crippen LogP contribution in [0.4, 0.5) is 0 Å². The molecule has 0 aromatic carbocycles. The normalized spacial score (nSPS) is 12.0. The van der Waals surface area contributed by atoms with E-state index in [-0.39, 0.29) is 0 Å². The molecule has 28 heavy (non-hydrogen) atoms. The molecule has 0 amide bonds. The first-order valence-corrected chi connectivity index (χ1v) is 13.8. The largest absolute Gasteiger partial charge is 0.391 e. The molecule has 0 bridgehead atoms. The summed E-state index contributed by atoms with van der Waals surface area (Å²) in [6, 6.07) is 0. The molecular weight excluding hydrogens is 362 g/mol. The second-order valence-corrected chi connectivity index (χ2v) is 10.6. The topological polar surface area (TPSA) is 20.2 Å². The van der Waals surface area contributed by atoms with Crippen molar-refractivity contribution in [2.24, 2.45) is 0 Å². The van der Waals surface area contributed by atoms with Crippen molar-refractivity contribution in [2.45, 2.75) is 116 Å². The van der Waals surface area contributed by atoms with E-state index in [2.05, 4.69) is 32.8 Å². The van der Waals surface area contributed by atoms with Crippen molar-refractivity contribution in [3.8, 4) is 0 Å². The van der Waals surface area contributed by atoms with Gasteiger partial charge in [0.1, 0.15) is 6.54 Å². The van der Waals surface area contributed by atoms with Crippen molar-refractivity contribution in [3.05, 3.63) is 0 Å². The quantitative estimate of drug-likeness (QED) is 0.138. The third-order valence-electron chi connectivity index (χ3n) is 5.90. The van der Waals surface area contributed by atoms with Crippen LogP contribution >= 0.6 is 11.8 Å². The lowest BCUT2D eigenvalue weighted by atomic mass is 10.0. The number of quaternary nitrogens is 1. The number of unbranched alkanes of at least 4 members (excludes halogenated alkanes) is 15. The van der Waals surface area contributed by atoms with E-state index < -0.39 is 0 Å². The highest BCUT2D eigenvalue weighted by atomic mass is 32.2. The van der Waals surface area contributed by atoms with Crippen LogP contribution in [0.25, 0.3) is 0 Å². The van der Waals surface area contributed by atoms with Gasteiger partial charge in [0.05, 0.1) is 27.2 Å². The van der Waals surface area contributed by atoms with E-state index >= 15 is 0 Å². The molecule has 0 aliphatic heterocycles. The Labute approximate surface area is 182 Å². The second kappa shape index (κ2) is 22.0. The number of hydrogen-bond donors (Lipinski definition) is 1. The third kappa shape index (κ3) is 22.6. The minimum Gasteiger partial charge on any atom is -0.391 e. The lowest BCUT2D eigenvalue weighted by Crippen LogP contribution is -2.42. The maximum Gasteiger partial charge on any atom is 0.102 e. The fourth-order valence-electron chi connectivity index (χ4n) is 3.83. The van der Waals surface area contributed by atoms with Crippen molar-refractivity contribution >= 4 is 11.8 Å². The molecule has 0 atom stereocenters. The van der Waals surface area contributed by atoms with Crippen LogP contribution in [0.15, 0.2) is 0 Å². The molecule has 0 aromatic rings. The Morgan fingerprint density at radius 3 is 1.36 bits per heavy atom. The first-order valence-electron chi connectivity index (χ1n) is 12.6. The van der Waals surface area contributed by atoms with Gasteiger partial charge in [-0.15, -0.1) is 0 Å². The van der Waals surface area contributed by atoms with Gasteiger partial charge in [-0.3, -0.25) is 0 Å². The summed E-state index contributed by atoms with van der Waals surface area (Å²) in [7, 11) is 4.44. The van der Waals surface area contributed by atoms with Crippen molar-refractivity contribution in [2.75, 3.05) is 45.3 Å². The van der Waals surface area contributed by atoms with Gasteiger partial charge >= 0.3 is 0 Å². The predicted octanol–water partition coefficient (Wildman–Crippen LogP) is 7.44. The fraction of sp³-hybridized carbons (Fsp3) is 1.00. The molecular formula is C25H54NOS+. The molecule has 0 unspecified atom stereocenters. The van der Waals surface area contributed by atoms with Gasteiger partial charge in [0.25, 0.3) is 0 Å². The van der Waals surface area contributed by atoms with E-state index in [1.165, 1.54) is 127 Å². The smallest absolute Gasteiger partial charge is 0.102 e. The van der Waals surface area contributed by atoms with Crippen molar-refractivity contribution in [1.29, 1.82) is 0 Å². The van der Waals surface area contributed by atoms with Crippen LogP contribution in [0, 0.1) is 0 Å². The molecule has 0 spiro atoms. The Bertz CT molecular complexity index is 296. The standard InChI is InChI=1S/C25H54NOS/c1-4-5-6-7-8-9-10-11-12-13-14-15-16-17-18-19-24-28-25-20-21-26(2,3)22-23-27/h27H,4-25H2,1-3H3/q+1. The van der Waals surface area contributed by atoms with Crippen LogP contribution in [-0.2, 0) is 0 Å². The Kier molecular flexibility index (Phi) is 22.2. The first-order chi connectivity index (χ1) is 13.6. The van der Waals surface area contributed by atoms with Crippen LogP contribution < -0.4 is 0 Å². The first kappa shape index (κ1) is 28.3. The number of aliphatic hydroxyl groups is 1. The molecule has 0 aliphatic rings. The number of nitrogens with zero attached hydrogens (tertiary/aromatic N) is 1. The highest BCUT2D eigenvalue weighted by Gasteiger charge is 2.12. The number of rotatable bonds is 23. The van der Waals surface area contributed by atoms with Gasteiger partial charge in [0.2, 0.25) is 0 Å². The molecule has 0 saturated carbocycles. The van der Waals surface area contributed by atoms with Crippen molar-refractivity contribution in [1.82, 2.24) is 0 Å². The SMILES string of the molecule is CCCCCCCCCCCCCCCCCCSCCC[N+](C)(C)CCO. The average molecular weight is 417 g/mol. The number of thioether (sulfide) groups is 1. The van der Waals surface area contributed by atoms with Crippen LogP contribution in [0.2, 0.25) is 0 Å². The van der Waals surface area contributed by atoms with E-state index in [1.807, 2.05) is 0 Å². The van der Waals surface area contributed by atoms with E-state index in [4.69, 9.17) is 5.11 Å². The van der Waals surface area contributed by atoms with Crippen LogP contribution in [0.3, 0.4) is 0 Å². The molecule has 0 rings (SSSR count). The highest BCUT2D eigenvalue weighted by Crippen LogP contribution is 2.15. The molecule has 0 fully saturated rings. The zero-order valence-electron chi connectivity index (χ0n) is 19.9. The minimum absolute atomic E-state index is 0.305. The third-order valence-corrected chi connectivity index (χ3v) is 7.05. The monoisotopic (exact) mass is 416 g/mol. The molecule has 0 aliphatic carbocycles. The summed E-state index contributed by atoms with van der Waals surface area (Å²) in [5, 5.41) is 9.05. The van der Waals surface area contributed by atoms with Gasteiger partial charge < -0.3 is 9.59 Å². The van der Waals surface area contributed by atoms with E-state index in [9.17, 15) is 0 Å². The zero-order valence-corrected chi connectivity index (χ0v) is 20.7. The molecule has 3 heteroatoms. The summed E-state index contributed by atoms with van der Waals surface area (Å²) >= 11 is 2.13. The van der Waals surface area contributed by atoms with Gasteiger partial charge in [0.15, 0.2) is 0 Å². The Hall–Kier alpha value is 0.270. The summed E-state index contributed by atoms with van der Waals surface area (Å²) in [5.41, 5.74) is 0. The molecule has 0 radical (unpaired) electrons. The summed E-state index contributed by atoms with van der Waals surface area (Å²) < 4.78 is 0.954. The Morgan fingerprint density at radius 2 is 0.929 bits per heavy atom. The number of aliphatic hydroxyl groups excluding tert-OH is 1. The lowest BCUT2D eigenvalue weighted by molar-refractivity contribution is -0.890. The van der Waals surface area contributed by atoms with E-state index in [1.54, 1.807) is 0 Å². The molecule has 0 aromatic heterocycles. The average Bonchev–Trinajstić information content (AvgIpc) is 2.66. The molecule has 1 N–H and O–H groups in total. The maximum atomic E-state index is 9.05. The molecule has 0 saturated heterocycles. The predicted molar refractivity (Wildman–Crippen MR) is 130 cm³/mol. The number of hydrogen-bond acceptors (Lipinski definition) is 2. The van der Waals surface area contributed by atoms with Crippen LogP contribution in [0.1, 0.15) is 116 Å². The van der Waals surface area contributed by atoms with Gasteiger partial charge in [-0.25, -0.2) is 0 Å². The van der Waals surface area contributed by atoms with Crippen molar-refractivity contribution < 1.29 is 9.59 Å². The van der Waals surface area contributed by atoms with E-state index in [0.717, 1.165) is 11.0 Å². The van der Waals surface area contributed by atoms with E-state index in [0.29, 0.717) is 6.61 Å². The van der Waals surface area contributed by atoms with Gasteiger partial charge in [0, 0.05) is 6.42 Å². The highest BCUT2D eigenvalue weighted by molar-refractivity contribution is 7.99. The second-order valence-electron chi connectivity index (χ2n) is 9.38. The van der Waals surface area contributed by atoms with Gasteiger partial charge in [-0.1, -0.05) is 103 Å². The summed E-state index contributed by atoms with van der Waals surface area (Å²) in [4.78, 5) is 0. The summed E-state index contributed by atoms with van der Waals surface area (Å²) in [5.74, 6) is 2.62. The molecule has 2 nitrogen and oxygen atoms in total.